The quantitative estimate of drug-likeness (QED) is 0.620. The van der Waals surface area contributed by atoms with Gasteiger partial charge in [-0.15, -0.1) is 0 Å². The van der Waals surface area contributed by atoms with Crippen LogP contribution in [0.4, 0.5) is 0 Å². The molecule has 0 spiro atoms. The SMILES string of the molecule is O=C(c1ccc2oc3ccccc3c2c1)C1CC2CCCC(C1)S2=O. The average Bonchev–Trinajstić information content (AvgIpc) is 2.99. The van der Waals surface area contributed by atoms with Gasteiger partial charge in [0, 0.05) is 43.6 Å². The second-order valence-electron chi connectivity index (χ2n) is 7.35. The molecule has 2 aromatic carbocycles. The molecule has 1 aromatic heterocycles. The molecule has 2 saturated heterocycles. The summed E-state index contributed by atoms with van der Waals surface area (Å²) in [5.41, 5.74) is 2.43. The molecule has 2 bridgehead atoms. The van der Waals surface area contributed by atoms with Gasteiger partial charge in [-0.25, -0.2) is 0 Å². The van der Waals surface area contributed by atoms with E-state index in [0.717, 1.165) is 59.6 Å². The standard InChI is InChI=1S/C21H20O3S/c22-21(14-10-15-4-3-5-16(11-14)25(15)23)13-8-9-20-18(12-13)17-6-1-2-7-19(17)24-20/h1-2,6-9,12,14-16H,3-5,10-11H2. The molecule has 0 radical (unpaired) electrons. The van der Waals surface area contributed by atoms with Crippen molar-refractivity contribution < 1.29 is 13.4 Å². The Hall–Kier alpha value is -1.94. The van der Waals surface area contributed by atoms with Crippen molar-refractivity contribution in [1.29, 1.82) is 0 Å². The number of rotatable bonds is 2. The molecule has 0 saturated carbocycles. The molecule has 128 valence electrons. The van der Waals surface area contributed by atoms with Crippen LogP contribution in [0.15, 0.2) is 46.9 Å². The molecule has 3 aromatic rings. The van der Waals surface area contributed by atoms with Crippen LogP contribution in [0.5, 0.6) is 0 Å². The number of para-hydroxylation sites is 1. The predicted octanol–water partition coefficient (Wildman–Crippen LogP) is 4.85. The number of carbonyl (C=O) groups excluding carboxylic acids is 1. The zero-order valence-electron chi connectivity index (χ0n) is 13.9. The van der Waals surface area contributed by atoms with Crippen molar-refractivity contribution in [2.24, 2.45) is 5.92 Å². The van der Waals surface area contributed by atoms with Crippen LogP contribution in [0, 0.1) is 5.92 Å². The highest BCUT2D eigenvalue weighted by Gasteiger charge is 2.40. The third-order valence-corrected chi connectivity index (χ3v) is 8.01. The summed E-state index contributed by atoms with van der Waals surface area (Å²) in [6.07, 6.45) is 4.75. The van der Waals surface area contributed by atoms with E-state index in [0.29, 0.717) is 0 Å². The fraction of sp³-hybridized carbons (Fsp3) is 0.381. The van der Waals surface area contributed by atoms with Crippen molar-refractivity contribution in [3.05, 3.63) is 48.0 Å². The first-order chi connectivity index (χ1) is 12.2. The van der Waals surface area contributed by atoms with E-state index in [1.165, 1.54) is 0 Å². The van der Waals surface area contributed by atoms with Crippen LogP contribution in [0.25, 0.3) is 21.9 Å². The van der Waals surface area contributed by atoms with Gasteiger partial charge in [0.05, 0.1) is 0 Å². The molecular weight excluding hydrogens is 332 g/mol. The largest absolute Gasteiger partial charge is 0.456 e. The van der Waals surface area contributed by atoms with Crippen LogP contribution in [0.2, 0.25) is 0 Å². The Morgan fingerprint density at radius 2 is 1.68 bits per heavy atom. The highest BCUT2D eigenvalue weighted by Crippen LogP contribution is 2.39. The second-order valence-corrected chi connectivity index (χ2v) is 9.34. The van der Waals surface area contributed by atoms with E-state index in [4.69, 9.17) is 4.42 Å². The lowest BCUT2D eigenvalue weighted by Gasteiger charge is -2.37. The second kappa shape index (κ2) is 5.80. The van der Waals surface area contributed by atoms with Crippen molar-refractivity contribution >= 4 is 38.5 Å². The summed E-state index contributed by atoms with van der Waals surface area (Å²) in [7, 11) is -0.731. The van der Waals surface area contributed by atoms with Crippen LogP contribution >= 0.6 is 0 Å². The lowest BCUT2D eigenvalue weighted by molar-refractivity contribution is 0.0895. The van der Waals surface area contributed by atoms with Crippen molar-refractivity contribution in [2.75, 3.05) is 0 Å². The summed E-state index contributed by atoms with van der Waals surface area (Å²) in [6.45, 7) is 0. The van der Waals surface area contributed by atoms with Gasteiger partial charge in [-0.1, -0.05) is 24.6 Å². The van der Waals surface area contributed by atoms with Crippen LogP contribution < -0.4 is 0 Å². The van der Waals surface area contributed by atoms with Gasteiger partial charge in [-0.3, -0.25) is 9.00 Å². The van der Waals surface area contributed by atoms with E-state index in [1.807, 2.05) is 42.5 Å². The lowest BCUT2D eigenvalue weighted by Crippen LogP contribution is -2.41. The van der Waals surface area contributed by atoms with Crippen molar-refractivity contribution in [3.8, 4) is 0 Å². The molecule has 0 N–H and O–H groups in total. The van der Waals surface area contributed by atoms with Crippen LogP contribution in [-0.4, -0.2) is 20.5 Å². The molecule has 2 aliphatic rings. The molecule has 2 fully saturated rings. The summed E-state index contributed by atoms with van der Waals surface area (Å²) in [4.78, 5) is 13.1. The molecule has 3 nitrogen and oxygen atoms in total. The molecule has 25 heavy (non-hydrogen) atoms. The number of hydrogen-bond acceptors (Lipinski definition) is 3. The number of furan rings is 1. The fourth-order valence-electron chi connectivity index (χ4n) is 4.56. The molecule has 5 rings (SSSR count). The maximum absolute atomic E-state index is 13.1. The normalized spacial score (nSPS) is 29.1. The molecule has 0 amide bonds. The Kier molecular flexibility index (Phi) is 3.56. The van der Waals surface area contributed by atoms with E-state index in [-0.39, 0.29) is 22.2 Å². The zero-order valence-corrected chi connectivity index (χ0v) is 14.8. The number of benzene rings is 2. The number of hydrogen-bond donors (Lipinski definition) is 0. The molecule has 0 aliphatic carbocycles. The van der Waals surface area contributed by atoms with E-state index >= 15 is 0 Å². The van der Waals surface area contributed by atoms with E-state index in [2.05, 4.69) is 0 Å². The minimum atomic E-state index is -0.731. The van der Waals surface area contributed by atoms with Crippen molar-refractivity contribution in [2.45, 2.75) is 42.6 Å². The van der Waals surface area contributed by atoms with Gasteiger partial charge in [-0.2, -0.15) is 0 Å². The Morgan fingerprint density at radius 1 is 0.960 bits per heavy atom. The molecule has 2 atom stereocenters. The number of Topliss-reactive ketones (excluding diaryl/α,β-unsaturated/α-hetero) is 1. The zero-order chi connectivity index (χ0) is 17.0. The molecule has 3 heterocycles. The maximum Gasteiger partial charge on any atom is 0.166 e. The molecule has 4 heteroatoms. The van der Waals surface area contributed by atoms with Crippen molar-refractivity contribution in [3.63, 3.8) is 0 Å². The smallest absolute Gasteiger partial charge is 0.166 e. The topological polar surface area (TPSA) is 47.3 Å². The van der Waals surface area contributed by atoms with Crippen LogP contribution in [-0.2, 0) is 10.8 Å². The summed E-state index contributed by atoms with van der Waals surface area (Å²) >= 11 is 0. The molecular formula is C21H20O3S. The summed E-state index contributed by atoms with van der Waals surface area (Å²) < 4.78 is 18.2. The van der Waals surface area contributed by atoms with Gasteiger partial charge in [0.2, 0.25) is 0 Å². The number of fused-ring (bicyclic) bond motifs is 5. The Morgan fingerprint density at radius 3 is 2.48 bits per heavy atom. The Balaban J connectivity index is 1.51. The summed E-state index contributed by atoms with van der Waals surface area (Å²) in [5.74, 6) is 0.226. The van der Waals surface area contributed by atoms with E-state index in [1.54, 1.807) is 0 Å². The first-order valence-corrected chi connectivity index (χ1v) is 10.3. The first kappa shape index (κ1) is 15.3. The van der Waals surface area contributed by atoms with Gasteiger partial charge in [-0.05, 0) is 49.9 Å². The Labute approximate surface area is 148 Å². The van der Waals surface area contributed by atoms with E-state index < -0.39 is 10.8 Å². The predicted molar refractivity (Wildman–Crippen MR) is 100 cm³/mol. The average molecular weight is 352 g/mol. The van der Waals surface area contributed by atoms with Gasteiger partial charge in [0.1, 0.15) is 11.2 Å². The van der Waals surface area contributed by atoms with E-state index in [9.17, 15) is 9.00 Å². The van der Waals surface area contributed by atoms with Gasteiger partial charge >= 0.3 is 0 Å². The minimum absolute atomic E-state index is 0.0172. The third kappa shape index (κ3) is 2.46. The number of carbonyl (C=O) groups is 1. The van der Waals surface area contributed by atoms with Gasteiger partial charge in [0.25, 0.3) is 0 Å². The van der Waals surface area contributed by atoms with Crippen LogP contribution in [0.1, 0.15) is 42.5 Å². The van der Waals surface area contributed by atoms with Gasteiger partial charge in [0.15, 0.2) is 5.78 Å². The summed E-state index contributed by atoms with van der Waals surface area (Å²) in [6, 6.07) is 13.7. The van der Waals surface area contributed by atoms with Crippen molar-refractivity contribution in [1.82, 2.24) is 0 Å². The maximum atomic E-state index is 13.1. The number of ketones is 1. The van der Waals surface area contributed by atoms with Crippen LogP contribution in [0.3, 0.4) is 0 Å². The third-order valence-electron chi connectivity index (χ3n) is 5.84. The molecule has 2 aliphatic heterocycles. The fourth-order valence-corrected chi connectivity index (χ4v) is 6.75. The minimum Gasteiger partial charge on any atom is -0.456 e. The highest BCUT2D eigenvalue weighted by atomic mass is 32.2. The lowest BCUT2D eigenvalue weighted by atomic mass is 9.84. The highest BCUT2D eigenvalue weighted by molar-refractivity contribution is 7.86. The summed E-state index contributed by atoms with van der Waals surface area (Å²) in [5, 5.41) is 2.50. The Bertz CT molecular complexity index is 987. The first-order valence-electron chi connectivity index (χ1n) is 9.05. The molecule has 2 unspecified atom stereocenters. The monoisotopic (exact) mass is 352 g/mol. The van der Waals surface area contributed by atoms with Gasteiger partial charge < -0.3 is 4.42 Å².